The summed E-state index contributed by atoms with van der Waals surface area (Å²) in [5, 5.41) is 0.166. The van der Waals surface area contributed by atoms with Gasteiger partial charge in [0, 0.05) is 49.7 Å². The Labute approximate surface area is 140 Å². The molecule has 2 aromatic rings. The van der Waals surface area contributed by atoms with Gasteiger partial charge in [-0.1, -0.05) is 0 Å². The molecule has 0 radical (unpaired) electrons. The van der Waals surface area contributed by atoms with Gasteiger partial charge >= 0.3 is 0 Å². The van der Waals surface area contributed by atoms with Crippen LogP contribution in [0.3, 0.4) is 0 Å². The van der Waals surface area contributed by atoms with Crippen molar-refractivity contribution in [3.05, 3.63) is 41.6 Å². The summed E-state index contributed by atoms with van der Waals surface area (Å²) in [6, 6.07) is 7.31. The van der Waals surface area contributed by atoms with Crippen LogP contribution in [0.1, 0.15) is 13.8 Å². The number of benzene rings is 1. The number of anilines is 1. The molecule has 2 heterocycles. The molecule has 0 N–H and O–H groups in total. The van der Waals surface area contributed by atoms with Crippen molar-refractivity contribution in [2.75, 3.05) is 31.1 Å². The third-order valence-corrected chi connectivity index (χ3v) is 4.40. The van der Waals surface area contributed by atoms with E-state index in [1.807, 2.05) is 6.07 Å². The summed E-state index contributed by atoms with van der Waals surface area (Å²) in [5.41, 5.74) is 2.24. The number of rotatable bonds is 3. The van der Waals surface area contributed by atoms with Crippen LogP contribution in [0.15, 0.2) is 30.5 Å². The second-order valence-corrected chi connectivity index (χ2v) is 6.36. The quantitative estimate of drug-likeness (QED) is 0.805. The summed E-state index contributed by atoms with van der Waals surface area (Å²) in [7, 11) is 0. The van der Waals surface area contributed by atoms with Crippen LogP contribution < -0.4 is 4.90 Å². The molecule has 0 saturated carbocycles. The first kappa shape index (κ1) is 16.1. The van der Waals surface area contributed by atoms with Gasteiger partial charge in [0.25, 0.3) is 0 Å². The smallest absolute Gasteiger partial charge is 0.222 e. The van der Waals surface area contributed by atoms with E-state index in [0.717, 1.165) is 37.4 Å². The fourth-order valence-electron chi connectivity index (χ4n) is 2.90. The Morgan fingerprint density at radius 3 is 2.52 bits per heavy atom. The Kier molecular flexibility index (Phi) is 4.78. The highest BCUT2D eigenvalue weighted by Gasteiger charge is 2.20. The van der Waals surface area contributed by atoms with Crippen molar-refractivity contribution < 1.29 is 4.39 Å². The second kappa shape index (κ2) is 6.81. The lowest BCUT2D eigenvalue weighted by Crippen LogP contribution is -2.48. The minimum atomic E-state index is -0.265. The average molecular weight is 335 g/mol. The summed E-state index contributed by atoms with van der Waals surface area (Å²) in [6.07, 6.45) is 1.58. The molecule has 6 heteroatoms. The monoisotopic (exact) mass is 334 g/mol. The van der Waals surface area contributed by atoms with Gasteiger partial charge in [0.05, 0.1) is 5.69 Å². The highest BCUT2D eigenvalue weighted by molar-refractivity contribution is 6.28. The molecule has 1 aliphatic rings. The largest absolute Gasteiger partial charge is 0.369 e. The first-order valence-corrected chi connectivity index (χ1v) is 8.19. The molecule has 1 aromatic carbocycles. The molecule has 0 bridgehead atoms. The van der Waals surface area contributed by atoms with E-state index >= 15 is 0 Å². The lowest BCUT2D eigenvalue weighted by Gasteiger charge is -2.38. The van der Waals surface area contributed by atoms with Gasteiger partial charge < -0.3 is 4.90 Å². The maximum absolute atomic E-state index is 14.1. The highest BCUT2D eigenvalue weighted by Crippen LogP contribution is 2.26. The maximum atomic E-state index is 14.1. The molecule has 1 aliphatic heterocycles. The van der Waals surface area contributed by atoms with E-state index in [9.17, 15) is 4.39 Å². The zero-order valence-corrected chi connectivity index (χ0v) is 14.1. The van der Waals surface area contributed by atoms with E-state index in [1.165, 1.54) is 6.07 Å². The molecular weight excluding hydrogens is 315 g/mol. The lowest BCUT2D eigenvalue weighted by atomic mass is 10.1. The van der Waals surface area contributed by atoms with Crippen LogP contribution in [0.2, 0.25) is 5.28 Å². The van der Waals surface area contributed by atoms with Crippen LogP contribution in [0.25, 0.3) is 11.3 Å². The Bertz CT molecular complexity index is 684. The molecule has 122 valence electrons. The highest BCUT2D eigenvalue weighted by atomic mass is 35.5. The van der Waals surface area contributed by atoms with Crippen molar-refractivity contribution >= 4 is 17.3 Å². The van der Waals surface area contributed by atoms with E-state index in [-0.39, 0.29) is 11.1 Å². The van der Waals surface area contributed by atoms with E-state index in [2.05, 4.69) is 33.6 Å². The molecule has 0 amide bonds. The number of nitrogens with zero attached hydrogens (tertiary/aromatic N) is 4. The van der Waals surface area contributed by atoms with E-state index < -0.39 is 0 Å². The Balaban J connectivity index is 1.84. The van der Waals surface area contributed by atoms with Gasteiger partial charge in [-0.2, -0.15) is 0 Å². The van der Waals surface area contributed by atoms with E-state index in [4.69, 9.17) is 11.6 Å². The van der Waals surface area contributed by atoms with Gasteiger partial charge in [-0.15, -0.1) is 0 Å². The topological polar surface area (TPSA) is 32.3 Å². The lowest BCUT2D eigenvalue weighted by molar-refractivity contribution is 0.209. The second-order valence-electron chi connectivity index (χ2n) is 6.03. The molecule has 4 nitrogen and oxygen atoms in total. The van der Waals surface area contributed by atoms with Gasteiger partial charge in [-0.25, -0.2) is 14.4 Å². The van der Waals surface area contributed by atoms with E-state index in [1.54, 1.807) is 18.3 Å². The maximum Gasteiger partial charge on any atom is 0.222 e. The summed E-state index contributed by atoms with van der Waals surface area (Å²) in [5.74, 6) is -0.265. The summed E-state index contributed by atoms with van der Waals surface area (Å²) in [6.45, 7) is 8.17. The Morgan fingerprint density at radius 1 is 1.13 bits per heavy atom. The summed E-state index contributed by atoms with van der Waals surface area (Å²) in [4.78, 5) is 12.7. The van der Waals surface area contributed by atoms with Gasteiger partial charge in [0.15, 0.2) is 0 Å². The van der Waals surface area contributed by atoms with Gasteiger partial charge in [0.2, 0.25) is 5.28 Å². The molecule has 1 fully saturated rings. The predicted molar refractivity (Wildman–Crippen MR) is 91.4 cm³/mol. The normalized spacial score (nSPS) is 16.1. The van der Waals surface area contributed by atoms with Crippen LogP contribution in [-0.2, 0) is 0 Å². The molecule has 1 saturated heterocycles. The zero-order valence-electron chi connectivity index (χ0n) is 13.3. The van der Waals surface area contributed by atoms with E-state index in [0.29, 0.717) is 11.7 Å². The molecule has 0 unspecified atom stereocenters. The number of aromatic nitrogens is 2. The summed E-state index contributed by atoms with van der Waals surface area (Å²) < 4.78 is 14.1. The molecule has 0 spiro atoms. The van der Waals surface area contributed by atoms with Crippen LogP contribution in [0.5, 0.6) is 0 Å². The minimum Gasteiger partial charge on any atom is -0.369 e. The predicted octanol–water partition coefficient (Wildman–Crippen LogP) is 3.47. The first-order chi connectivity index (χ1) is 11.0. The van der Waals surface area contributed by atoms with Gasteiger partial charge in [0.1, 0.15) is 5.82 Å². The fraction of sp³-hybridized carbons (Fsp3) is 0.412. The van der Waals surface area contributed by atoms with Crippen molar-refractivity contribution in [3.8, 4) is 11.3 Å². The average Bonchev–Trinajstić information content (AvgIpc) is 2.54. The molecular formula is C17H20ClFN4. The first-order valence-electron chi connectivity index (χ1n) is 7.81. The van der Waals surface area contributed by atoms with Crippen molar-refractivity contribution in [1.29, 1.82) is 0 Å². The van der Waals surface area contributed by atoms with Crippen LogP contribution in [0.4, 0.5) is 10.1 Å². The van der Waals surface area contributed by atoms with Gasteiger partial charge in [-0.05, 0) is 49.7 Å². The molecule has 3 rings (SSSR count). The number of hydrogen-bond acceptors (Lipinski definition) is 4. The number of hydrogen-bond donors (Lipinski definition) is 0. The summed E-state index contributed by atoms with van der Waals surface area (Å²) >= 11 is 5.84. The number of halogens is 2. The van der Waals surface area contributed by atoms with Crippen molar-refractivity contribution in [1.82, 2.24) is 14.9 Å². The minimum absolute atomic E-state index is 0.166. The Morgan fingerprint density at radius 2 is 1.87 bits per heavy atom. The van der Waals surface area contributed by atoms with Crippen molar-refractivity contribution in [2.45, 2.75) is 19.9 Å². The molecule has 0 aliphatic carbocycles. The SMILES string of the molecule is CC(C)N1CCN(c2cc(F)cc(-c3ccnc(Cl)n3)c2)CC1. The Hall–Kier alpha value is -1.72. The van der Waals surface area contributed by atoms with Gasteiger partial charge in [-0.3, -0.25) is 4.90 Å². The van der Waals surface area contributed by atoms with Crippen molar-refractivity contribution in [2.24, 2.45) is 0 Å². The fourth-order valence-corrected chi connectivity index (χ4v) is 3.04. The van der Waals surface area contributed by atoms with Crippen LogP contribution in [-0.4, -0.2) is 47.1 Å². The number of piperazine rings is 1. The standard InChI is InChI=1S/C17H20ClFN4/c1-12(2)22-5-7-23(8-6-22)15-10-13(9-14(19)11-15)16-3-4-20-17(18)21-16/h3-4,9-12H,5-8H2,1-2H3. The molecule has 23 heavy (non-hydrogen) atoms. The molecule has 0 atom stereocenters. The zero-order chi connectivity index (χ0) is 16.4. The van der Waals surface area contributed by atoms with Crippen molar-refractivity contribution in [3.63, 3.8) is 0 Å². The third kappa shape index (κ3) is 3.79. The molecule has 1 aromatic heterocycles. The van der Waals surface area contributed by atoms with Crippen LogP contribution >= 0.6 is 11.6 Å². The third-order valence-electron chi connectivity index (χ3n) is 4.21. The van der Waals surface area contributed by atoms with Crippen LogP contribution in [0, 0.1) is 5.82 Å².